The molecule has 1 saturated heterocycles. The number of thioether (sulfide) groups is 1. The van der Waals surface area contributed by atoms with Crippen LogP contribution in [0.4, 0.5) is 28.9 Å². The lowest BCUT2D eigenvalue weighted by atomic mass is 10.0. The highest BCUT2D eigenvalue weighted by molar-refractivity contribution is 8.02. The third-order valence-corrected chi connectivity index (χ3v) is 7.14. The van der Waals surface area contributed by atoms with Crippen molar-refractivity contribution in [2.75, 3.05) is 15.6 Å². The number of rotatable bonds is 3. The predicted molar refractivity (Wildman–Crippen MR) is 117 cm³/mol. The number of fused-ring (bicyclic) bond motifs is 2. The lowest BCUT2D eigenvalue weighted by molar-refractivity contribution is -0.137. The highest BCUT2D eigenvalue weighted by Crippen LogP contribution is 2.56. The van der Waals surface area contributed by atoms with Crippen molar-refractivity contribution in [2.45, 2.75) is 17.6 Å². The normalized spacial score (nSPS) is 20.1. The summed E-state index contributed by atoms with van der Waals surface area (Å²) >= 11 is 1.09. The summed E-state index contributed by atoms with van der Waals surface area (Å²) in [5, 5.41) is 0. The molecule has 2 amide bonds. The maximum atomic E-state index is 13.9. The first kappa shape index (κ1) is 21.5. The van der Waals surface area contributed by atoms with Crippen LogP contribution in [0.25, 0.3) is 0 Å². The number of halogens is 4. The molecule has 2 heterocycles. The Labute approximate surface area is 190 Å². The van der Waals surface area contributed by atoms with Crippen LogP contribution < -0.4 is 9.80 Å². The highest BCUT2D eigenvalue weighted by atomic mass is 32.2. The molecule has 168 valence electrons. The molecule has 1 spiro atoms. The van der Waals surface area contributed by atoms with Gasteiger partial charge in [-0.05, 0) is 42.0 Å². The third-order valence-electron chi connectivity index (χ3n) is 5.75. The number of benzene rings is 3. The molecule has 0 aromatic heterocycles. The van der Waals surface area contributed by atoms with E-state index < -0.39 is 34.2 Å². The van der Waals surface area contributed by atoms with Crippen LogP contribution in [0.1, 0.15) is 16.7 Å². The fourth-order valence-corrected chi connectivity index (χ4v) is 5.67. The molecular weight excluding hydrogens is 456 g/mol. The predicted octanol–water partition coefficient (Wildman–Crippen LogP) is 5.32. The van der Waals surface area contributed by atoms with Crippen LogP contribution >= 0.6 is 11.8 Å². The first-order chi connectivity index (χ1) is 15.7. The topological polar surface area (TPSA) is 40.6 Å². The zero-order chi connectivity index (χ0) is 23.4. The molecule has 0 N–H and O–H groups in total. The van der Waals surface area contributed by atoms with Crippen LogP contribution in [0.5, 0.6) is 0 Å². The molecule has 1 atom stereocenters. The van der Waals surface area contributed by atoms with Gasteiger partial charge in [0.1, 0.15) is 5.82 Å². The maximum Gasteiger partial charge on any atom is 0.416 e. The minimum Gasteiger partial charge on any atom is -0.304 e. The van der Waals surface area contributed by atoms with E-state index in [-0.39, 0.29) is 18.0 Å². The van der Waals surface area contributed by atoms with Gasteiger partial charge in [0.15, 0.2) is 0 Å². The first-order valence-corrected chi connectivity index (χ1v) is 11.0. The van der Waals surface area contributed by atoms with Gasteiger partial charge in [-0.25, -0.2) is 4.39 Å². The van der Waals surface area contributed by atoms with Gasteiger partial charge < -0.3 is 4.90 Å². The molecule has 3 aromatic carbocycles. The number of carbonyl (C=O) groups is 2. The second-order valence-electron chi connectivity index (χ2n) is 7.74. The van der Waals surface area contributed by atoms with Crippen molar-refractivity contribution in [3.05, 3.63) is 95.3 Å². The number of carbonyl (C=O) groups excluding carboxylic acids is 2. The fourth-order valence-electron chi connectivity index (χ4n) is 4.31. The molecule has 0 bridgehead atoms. The van der Waals surface area contributed by atoms with Crippen molar-refractivity contribution in [1.29, 1.82) is 0 Å². The van der Waals surface area contributed by atoms with Gasteiger partial charge in [-0.3, -0.25) is 14.5 Å². The number of para-hydroxylation sites is 1. The fraction of sp³-hybridized carbons (Fsp3) is 0.167. The number of alkyl halides is 3. The largest absolute Gasteiger partial charge is 0.416 e. The van der Waals surface area contributed by atoms with Crippen molar-refractivity contribution in [1.82, 2.24) is 0 Å². The van der Waals surface area contributed by atoms with E-state index in [9.17, 15) is 27.2 Å². The summed E-state index contributed by atoms with van der Waals surface area (Å²) in [5.74, 6) is -1.34. The summed E-state index contributed by atoms with van der Waals surface area (Å²) < 4.78 is 53.4. The van der Waals surface area contributed by atoms with Crippen molar-refractivity contribution in [2.24, 2.45) is 0 Å². The van der Waals surface area contributed by atoms with Crippen LogP contribution in [0.3, 0.4) is 0 Å². The molecular formula is C24H16F4N2O2S. The summed E-state index contributed by atoms with van der Waals surface area (Å²) in [6.45, 7) is 0.128. The highest BCUT2D eigenvalue weighted by Gasteiger charge is 2.61. The van der Waals surface area contributed by atoms with E-state index >= 15 is 0 Å². The smallest absolute Gasteiger partial charge is 0.304 e. The Morgan fingerprint density at radius 1 is 0.939 bits per heavy atom. The van der Waals surface area contributed by atoms with Crippen LogP contribution in [0.15, 0.2) is 72.8 Å². The van der Waals surface area contributed by atoms with E-state index in [1.54, 1.807) is 36.4 Å². The van der Waals surface area contributed by atoms with Crippen LogP contribution in [0, 0.1) is 5.82 Å². The molecule has 2 aliphatic heterocycles. The van der Waals surface area contributed by atoms with Gasteiger partial charge in [-0.15, -0.1) is 11.8 Å². The van der Waals surface area contributed by atoms with Gasteiger partial charge in [0.25, 0.3) is 5.91 Å². The molecule has 5 rings (SSSR count). The zero-order valence-electron chi connectivity index (χ0n) is 17.0. The van der Waals surface area contributed by atoms with Crippen LogP contribution in [-0.2, 0) is 27.2 Å². The SMILES string of the molecule is O=C1CS[C@@]2(C(=O)N(Cc3ccc(F)cc3)c3ccccc32)N1c1cccc(C(F)(F)F)c1. The van der Waals surface area contributed by atoms with E-state index in [0.717, 1.165) is 23.9 Å². The molecule has 1 fully saturated rings. The third kappa shape index (κ3) is 3.38. The quantitative estimate of drug-likeness (QED) is 0.485. The lowest BCUT2D eigenvalue weighted by Crippen LogP contribution is -2.49. The van der Waals surface area contributed by atoms with E-state index in [4.69, 9.17) is 0 Å². The van der Waals surface area contributed by atoms with E-state index in [0.29, 0.717) is 16.8 Å². The minimum atomic E-state index is -4.59. The second-order valence-corrected chi connectivity index (χ2v) is 8.91. The first-order valence-electron chi connectivity index (χ1n) is 10.0. The Hall–Kier alpha value is -3.33. The Balaban J connectivity index is 1.63. The molecule has 0 aliphatic carbocycles. The summed E-state index contributed by atoms with van der Waals surface area (Å²) in [5.41, 5.74) is 0.876. The Kier molecular flexibility index (Phi) is 4.97. The number of amides is 2. The van der Waals surface area contributed by atoms with Gasteiger partial charge >= 0.3 is 6.18 Å². The van der Waals surface area contributed by atoms with Gasteiger partial charge in [0.05, 0.1) is 23.5 Å². The van der Waals surface area contributed by atoms with Gasteiger partial charge in [0, 0.05) is 11.3 Å². The van der Waals surface area contributed by atoms with E-state index in [1.165, 1.54) is 34.1 Å². The summed E-state index contributed by atoms with van der Waals surface area (Å²) in [7, 11) is 0. The van der Waals surface area contributed by atoms with Crippen LogP contribution in [0.2, 0.25) is 0 Å². The van der Waals surface area contributed by atoms with Crippen LogP contribution in [-0.4, -0.2) is 17.6 Å². The summed E-state index contributed by atoms with van der Waals surface area (Å²) in [6, 6.07) is 17.1. The van der Waals surface area contributed by atoms with Gasteiger partial charge in [-0.2, -0.15) is 13.2 Å². The molecule has 0 saturated carbocycles. The standard InChI is InChI=1S/C24H16F4N2O2S/c25-17-10-8-15(9-11-17)13-29-20-7-2-1-6-19(20)23(22(29)32)30(21(31)14-33-23)18-5-3-4-16(12-18)24(26,27)28/h1-12H,13-14H2/t23-/m0/s1. The minimum absolute atomic E-state index is 0.00612. The lowest BCUT2D eigenvalue weighted by Gasteiger charge is -2.33. The summed E-state index contributed by atoms with van der Waals surface area (Å²) in [4.78, 5) is 28.0. The van der Waals surface area contributed by atoms with E-state index in [2.05, 4.69) is 0 Å². The van der Waals surface area contributed by atoms with E-state index in [1.807, 2.05) is 0 Å². The zero-order valence-corrected chi connectivity index (χ0v) is 17.8. The molecule has 9 heteroatoms. The van der Waals surface area contributed by atoms with Gasteiger partial charge in [0.2, 0.25) is 10.8 Å². The Morgan fingerprint density at radius 3 is 2.39 bits per heavy atom. The molecule has 33 heavy (non-hydrogen) atoms. The number of hydrogen-bond acceptors (Lipinski definition) is 3. The van der Waals surface area contributed by atoms with Crippen molar-refractivity contribution in [3.8, 4) is 0 Å². The Morgan fingerprint density at radius 2 is 1.67 bits per heavy atom. The summed E-state index contributed by atoms with van der Waals surface area (Å²) in [6.07, 6.45) is -4.59. The average Bonchev–Trinajstić information content (AvgIpc) is 3.26. The van der Waals surface area contributed by atoms with Crippen molar-refractivity contribution in [3.63, 3.8) is 0 Å². The number of anilines is 2. The monoisotopic (exact) mass is 472 g/mol. The second kappa shape index (κ2) is 7.62. The van der Waals surface area contributed by atoms with Gasteiger partial charge in [-0.1, -0.05) is 36.4 Å². The number of nitrogens with zero attached hydrogens (tertiary/aromatic N) is 2. The molecule has 2 aliphatic rings. The number of hydrogen-bond donors (Lipinski definition) is 0. The van der Waals surface area contributed by atoms with Crippen molar-refractivity contribution >= 4 is 35.0 Å². The maximum absolute atomic E-state index is 13.9. The molecule has 4 nitrogen and oxygen atoms in total. The molecule has 0 unspecified atom stereocenters. The van der Waals surface area contributed by atoms with Crippen molar-refractivity contribution < 1.29 is 27.2 Å². The Bertz CT molecular complexity index is 1260. The average molecular weight is 472 g/mol. The molecule has 3 aromatic rings. The molecule has 0 radical (unpaired) electrons.